The molecule has 1 unspecified atom stereocenters. The van der Waals surface area contributed by atoms with Crippen LogP contribution in [-0.4, -0.2) is 23.1 Å². The second-order valence-electron chi connectivity index (χ2n) is 6.94. The number of hydrogen-bond acceptors (Lipinski definition) is 5. The first-order valence-electron chi connectivity index (χ1n) is 8.95. The van der Waals surface area contributed by atoms with Gasteiger partial charge in [-0.2, -0.15) is 0 Å². The van der Waals surface area contributed by atoms with Crippen molar-refractivity contribution in [1.82, 2.24) is 5.32 Å². The SMILES string of the molecule is O=C1NC(=S)O/C1=C\c1ccc2c(c1)NC(=O)C(CC1CCCCC1)O2. The average molecular weight is 372 g/mol. The Balaban J connectivity index is 1.48. The number of fused-ring (bicyclic) bond motifs is 1. The zero-order chi connectivity index (χ0) is 18.1. The van der Waals surface area contributed by atoms with E-state index in [1.807, 2.05) is 6.07 Å². The maximum Gasteiger partial charge on any atom is 0.294 e. The fourth-order valence-corrected chi connectivity index (χ4v) is 3.89. The van der Waals surface area contributed by atoms with Gasteiger partial charge in [-0.3, -0.25) is 14.9 Å². The molecule has 2 amide bonds. The summed E-state index contributed by atoms with van der Waals surface area (Å²) in [6, 6.07) is 5.38. The standard InChI is InChI=1S/C19H20N2O4S/c22-17-15(9-11-4-2-1-3-5-11)24-14-7-6-12(8-13(14)20-17)10-16-18(23)21-19(26)25-16/h6-8,10-11,15H,1-5,9H2,(H,20,22)(H,21,23,26)/b16-10-. The van der Waals surface area contributed by atoms with E-state index in [0.29, 0.717) is 22.9 Å². The van der Waals surface area contributed by atoms with Crippen molar-refractivity contribution in [2.45, 2.75) is 44.6 Å². The summed E-state index contributed by atoms with van der Waals surface area (Å²) in [6.45, 7) is 0. The van der Waals surface area contributed by atoms with E-state index < -0.39 is 6.10 Å². The maximum atomic E-state index is 12.4. The monoisotopic (exact) mass is 372 g/mol. The van der Waals surface area contributed by atoms with Crippen molar-refractivity contribution in [2.75, 3.05) is 5.32 Å². The van der Waals surface area contributed by atoms with Gasteiger partial charge in [0.2, 0.25) is 0 Å². The molecule has 7 heteroatoms. The summed E-state index contributed by atoms with van der Waals surface area (Å²) in [4.78, 5) is 24.1. The molecule has 6 nitrogen and oxygen atoms in total. The molecule has 0 aromatic heterocycles. The molecule has 2 aliphatic heterocycles. The van der Waals surface area contributed by atoms with Crippen LogP contribution in [0.1, 0.15) is 44.1 Å². The van der Waals surface area contributed by atoms with Gasteiger partial charge in [-0.25, -0.2) is 0 Å². The van der Waals surface area contributed by atoms with Crippen LogP contribution >= 0.6 is 12.2 Å². The quantitative estimate of drug-likeness (QED) is 0.630. The topological polar surface area (TPSA) is 76.7 Å². The number of nitrogens with one attached hydrogen (secondary N) is 2. The molecule has 0 radical (unpaired) electrons. The molecular weight excluding hydrogens is 352 g/mol. The molecular formula is C19H20N2O4S. The summed E-state index contributed by atoms with van der Waals surface area (Å²) in [5.74, 6) is 0.865. The Bertz CT molecular complexity index is 799. The van der Waals surface area contributed by atoms with E-state index in [1.54, 1.807) is 18.2 Å². The van der Waals surface area contributed by atoms with Gasteiger partial charge in [-0.1, -0.05) is 38.2 Å². The van der Waals surface area contributed by atoms with Crippen LogP contribution < -0.4 is 15.4 Å². The van der Waals surface area contributed by atoms with Crippen LogP contribution in [0.25, 0.3) is 6.08 Å². The van der Waals surface area contributed by atoms with Gasteiger partial charge in [0.15, 0.2) is 11.9 Å². The van der Waals surface area contributed by atoms with Crippen LogP contribution in [0.5, 0.6) is 5.75 Å². The molecule has 1 atom stereocenters. The Kier molecular flexibility index (Phi) is 4.63. The summed E-state index contributed by atoms with van der Waals surface area (Å²) >= 11 is 4.81. The highest BCUT2D eigenvalue weighted by molar-refractivity contribution is 7.80. The van der Waals surface area contributed by atoms with Crippen LogP contribution in [-0.2, 0) is 14.3 Å². The predicted octanol–water partition coefficient (Wildman–Crippen LogP) is 3.13. The third kappa shape index (κ3) is 3.58. The second kappa shape index (κ2) is 7.07. The fourth-order valence-electron chi connectivity index (χ4n) is 3.71. The van der Waals surface area contributed by atoms with Crippen molar-refractivity contribution in [2.24, 2.45) is 5.92 Å². The van der Waals surface area contributed by atoms with Gasteiger partial charge >= 0.3 is 0 Å². The van der Waals surface area contributed by atoms with Gasteiger partial charge in [0.1, 0.15) is 5.75 Å². The fraction of sp³-hybridized carbons (Fsp3) is 0.421. The predicted molar refractivity (Wildman–Crippen MR) is 100 cm³/mol. The van der Waals surface area contributed by atoms with Crippen molar-refractivity contribution >= 4 is 41.0 Å². The molecule has 2 heterocycles. The van der Waals surface area contributed by atoms with Crippen molar-refractivity contribution in [3.8, 4) is 5.75 Å². The lowest BCUT2D eigenvalue weighted by Gasteiger charge is -2.30. The van der Waals surface area contributed by atoms with Crippen LogP contribution in [0.3, 0.4) is 0 Å². The Morgan fingerprint density at radius 3 is 2.69 bits per heavy atom. The number of rotatable bonds is 3. The second-order valence-corrected chi connectivity index (χ2v) is 7.31. The molecule has 4 rings (SSSR count). The zero-order valence-corrected chi connectivity index (χ0v) is 15.1. The van der Waals surface area contributed by atoms with E-state index in [9.17, 15) is 9.59 Å². The minimum absolute atomic E-state index is 0.0430. The first-order valence-corrected chi connectivity index (χ1v) is 9.36. The smallest absolute Gasteiger partial charge is 0.294 e. The van der Waals surface area contributed by atoms with E-state index in [1.165, 1.54) is 32.1 Å². The van der Waals surface area contributed by atoms with E-state index >= 15 is 0 Å². The number of thiocarbonyl (C=S) groups is 1. The van der Waals surface area contributed by atoms with E-state index in [0.717, 1.165) is 6.42 Å². The third-order valence-corrected chi connectivity index (χ3v) is 5.22. The van der Waals surface area contributed by atoms with Gasteiger partial charge in [0, 0.05) is 0 Å². The maximum absolute atomic E-state index is 12.4. The number of amides is 2. The molecule has 2 fully saturated rings. The molecule has 0 bridgehead atoms. The van der Waals surface area contributed by atoms with Gasteiger partial charge in [-0.05, 0) is 48.3 Å². The summed E-state index contributed by atoms with van der Waals surface area (Å²) in [5, 5.41) is 5.38. The highest BCUT2D eigenvalue weighted by atomic mass is 32.1. The van der Waals surface area contributed by atoms with Crippen LogP contribution in [0.4, 0.5) is 5.69 Å². The van der Waals surface area contributed by atoms with E-state index in [2.05, 4.69) is 10.6 Å². The number of hydrogen-bond donors (Lipinski definition) is 2. The largest absolute Gasteiger partial charge is 0.478 e. The molecule has 1 aliphatic carbocycles. The summed E-state index contributed by atoms with van der Waals surface area (Å²) in [5.41, 5.74) is 1.32. The number of carbonyl (C=O) groups is 2. The Morgan fingerprint density at radius 1 is 1.15 bits per heavy atom. The van der Waals surface area contributed by atoms with Crippen molar-refractivity contribution in [3.63, 3.8) is 0 Å². The number of anilines is 1. The summed E-state index contributed by atoms with van der Waals surface area (Å²) < 4.78 is 11.1. The Labute approximate surface area is 156 Å². The highest BCUT2D eigenvalue weighted by Crippen LogP contribution is 2.35. The van der Waals surface area contributed by atoms with E-state index in [4.69, 9.17) is 21.7 Å². The average Bonchev–Trinajstić information content (AvgIpc) is 2.94. The molecule has 26 heavy (non-hydrogen) atoms. The lowest BCUT2D eigenvalue weighted by molar-refractivity contribution is -0.124. The molecule has 1 aromatic rings. The molecule has 1 saturated heterocycles. The summed E-state index contributed by atoms with van der Waals surface area (Å²) in [7, 11) is 0. The van der Waals surface area contributed by atoms with Gasteiger partial charge < -0.3 is 14.8 Å². The molecule has 0 spiro atoms. The minimum Gasteiger partial charge on any atom is -0.478 e. The molecule has 1 saturated carbocycles. The minimum atomic E-state index is -0.434. The van der Waals surface area contributed by atoms with Gasteiger partial charge in [-0.15, -0.1) is 0 Å². The first kappa shape index (κ1) is 17.0. The normalized spacial score (nSPS) is 24.5. The zero-order valence-electron chi connectivity index (χ0n) is 14.2. The third-order valence-electron chi connectivity index (χ3n) is 5.04. The van der Waals surface area contributed by atoms with Crippen LogP contribution in [0.2, 0.25) is 0 Å². The van der Waals surface area contributed by atoms with Gasteiger partial charge in [0.25, 0.3) is 17.0 Å². The van der Waals surface area contributed by atoms with Crippen LogP contribution in [0.15, 0.2) is 24.0 Å². The Morgan fingerprint density at radius 2 is 1.96 bits per heavy atom. The van der Waals surface area contributed by atoms with Crippen LogP contribution in [0, 0.1) is 5.92 Å². The molecule has 1 aromatic carbocycles. The lowest BCUT2D eigenvalue weighted by Crippen LogP contribution is -2.38. The van der Waals surface area contributed by atoms with Crippen molar-refractivity contribution < 1.29 is 19.1 Å². The van der Waals surface area contributed by atoms with Crippen molar-refractivity contribution in [3.05, 3.63) is 29.5 Å². The number of ether oxygens (including phenoxy) is 2. The molecule has 3 aliphatic rings. The number of carbonyl (C=O) groups excluding carboxylic acids is 2. The van der Waals surface area contributed by atoms with E-state index in [-0.39, 0.29) is 22.7 Å². The lowest BCUT2D eigenvalue weighted by atomic mass is 9.85. The molecule has 2 N–H and O–H groups in total. The number of benzene rings is 1. The Hall–Kier alpha value is -2.41. The van der Waals surface area contributed by atoms with Crippen molar-refractivity contribution in [1.29, 1.82) is 0 Å². The first-order chi connectivity index (χ1) is 12.6. The summed E-state index contributed by atoms with van der Waals surface area (Å²) in [6.07, 6.45) is 8.04. The van der Waals surface area contributed by atoms with Gasteiger partial charge in [0.05, 0.1) is 5.69 Å². The molecule has 136 valence electrons. The highest BCUT2D eigenvalue weighted by Gasteiger charge is 2.31.